The molecule has 0 aliphatic carbocycles. The Morgan fingerprint density at radius 3 is 2.59 bits per heavy atom. The number of hydrogen-bond acceptors (Lipinski definition) is 2. The molecule has 0 aliphatic heterocycles. The molecule has 0 fully saturated rings. The number of nitrogens with two attached hydrogens (primary N) is 1. The second-order valence-corrected chi connectivity index (χ2v) is 4.73. The molecule has 0 saturated heterocycles. The summed E-state index contributed by atoms with van der Waals surface area (Å²) < 4.78 is 13.5. The fraction of sp³-hybridized carbons (Fsp3) is 0.462. The third-order valence-electron chi connectivity index (χ3n) is 2.48. The van der Waals surface area contributed by atoms with Crippen LogP contribution in [-0.4, -0.2) is 11.9 Å². The van der Waals surface area contributed by atoms with Crippen LogP contribution < -0.4 is 11.1 Å². The van der Waals surface area contributed by atoms with Crippen molar-refractivity contribution >= 4 is 11.6 Å². The molecule has 4 heteroatoms. The van der Waals surface area contributed by atoms with Gasteiger partial charge in [0.05, 0.1) is 5.69 Å². The second-order valence-electron chi connectivity index (χ2n) is 4.73. The molecule has 94 valence electrons. The maximum Gasteiger partial charge on any atom is 0.248 e. The van der Waals surface area contributed by atoms with Crippen molar-refractivity contribution in [1.29, 1.82) is 0 Å². The van der Waals surface area contributed by atoms with Crippen molar-refractivity contribution in [2.45, 2.75) is 33.2 Å². The predicted molar refractivity (Wildman–Crippen MR) is 67.5 cm³/mol. The molecule has 0 bridgehead atoms. The van der Waals surface area contributed by atoms with E-state index >= 15 is 0 Å². The van der Waals surface area contributed by atoms with Gasteiger partial charge in [0.25, 0.3) is 0 Å². The lowest BCUT2D eigenvalue weighted by Crippen LogP contribution is -2.19. The number of hydrogen-bond donors (Lipinski definition) is 2. The van der Waals surface area contributed by atoms with Gasteiger partial charge >= 0.3 is 0 Å². The SMILES string of the molecule is CC(C)CC(C)Nc1cc(C(N)=O)ccc1F. The van der Waals surface area contributed by atoms with E-state index in [1.54, 1.807) is 0 Å². The van der Waals surface area contributed by atoms with Gasteiger partial charge < -0.3 is 11.1 Å². The molecule has 1 aromatic rings. The summed E-state index contributed by atoms with van der Waals surface area (Å²) in [6.45, 7) is 6.19. The number of benzene rings is 1. The molecule has 1 aromatic carbocycles. The quantitative estimate of drug-likeness (QED) is 0.828. The Bertz CT molecular complexity index is 404. The third-order valence-corrected chi connectivity index (χ3v) is 2.48. The van der Waals surface area contributed by atoms with Crippen molar-refractivity contribution in [2.75, 3.05) is 5.32 Å². The summed E-state index contributed by atoms with van der Waals surface area (Å²) in [5.41, 5.74) is 5.79. The van der Waals surface area contributed by atoms with E-state index in [0.717, 1.165) is 6.42 Å². The molecule has 1 atom stereocenters. The number of rotatable bonds is 5. The van der Waals surface area contributed by atoms with Gasteiger partial charge in [-0.05, 0) is 37.5 Å². The first kappa shape index (κ1) is 13.5. The molecule has 3 nitrogen and oxygen atoms in total. The van der Waals surface area contributed by atoms with Gasteiger partial charge in [0.1, 0.15) is 5.82 Å². The van der Waals surface area contributed by atoms with E-state index in [0.29, 0.717) is 17.2 Å². The molecule has 3 N–H and O–H groups in total. The third kappa shape index (κ3) is 4.06. The van der Waals surface area contributed by atoms with E-state index in [-0.39, 0.29) is 11.9 Å². The molecular weight excluding hydrogens is 219 g/mol. The largest absolute Gasteiger partial charge is 0.380 e. The van der Waals surface area contributed by atoms with E-state index in [4.69, 9.17) is 5.73 Å². The van der Waals surface area contributed by atoms with Crippen LogP contribution in [0.2, 0.25) is 0 Å². The first-order chi connectivity index (χ1) is 7.90. The highest BCUT2D eigenvalue weighted by molar-refractivity contribution is 5.93. The second kappa shape index (κ2) is 5.66. The fourth-order valence-corrected chi connectivity index (χ4v) is 1.82. The average Bonchev–Trinajstić information content (AvgIpc) is 2.19. The minimum atomic E-state index is -0.551. The summed E-state index contributed by atoms with van der Waals surface area (Å²) in [6.07, 6.45) is 0.931. The molecule has 0 heterocycles. The van der Waals surface area contributed by atoms with E-state index in [2.05, 4.69) is 19.2 Å². The molecule has 0 radical (unpaired) electrons. The Hall–Kier alpha value is -1.58. The monoisotopic (exact) mass is 238 g/mol. The molecule has 0 saturated carbocycles. The Morgan fingerprint density at radius 1 is 1.41 bits per heavy atom. The number of carbonyl (C=O) groups excluding carboxylic acids is 1. The van der Waals surface area contributed by atoms with Crippen LogP contribution in [0.25, 0.3) is 0 Å². The van der Waals surface area contributed by atoms with Crippen LogP contribution in [0, 0.1) is 11.7 Å². The molecular formula is C13H19FN2O. The van der Waals surface area contributed by atoms with Crippen molar-refractivity contribution in [2.24, 2.45) is 11.7 Å². The van der Waals surface area contributed by atoms with Crippen LogP contribution in [-0.2, 0) is 0 Å². The van der Waals surface area contributed by atoms with Crippen LogP contribution in [0.4, 0.5) is 10.1 Å². The Balaban J connectivity index is 2.82. The number of nitrogens with one attached hydrogen (secondary N) is 1. The van der Waals surface area contributed by atoms with Gasteiger partial charge in [-0.2, -0.15) is 0 Å². The molecule has 0 spiro atoms. The van der Waals surface area contributed by atoms with Gasteiger partial charge in [0.2, 0.25) is 5.91 Å². The molecule has 0 aliphatic rings. The standard InChI is InChI=1S/C13H19FN2O/c1-8(2)6-9(3)16-12-7-10(13(15)17)4-5-11(12)14/h4-5,7-9,16H,6H2,1-3H3,(H2,15,17). The van der Waals surface area contributed by atoms with Gasteiger partial charge in [-0.3, -0.25) is 4.79 Å². The summed E-state index contributed by atoms with van der Waals surface area (Å²) in [7, 11) is 0. The lowest BCUT2D eigenvalue weighted by atomic mass is 10.0. The highest BCUT2D eigenvalue weighted by atomic mass is 19.1. The summed E-state index contributed by atoms with van der Waals surface area (Å²) in [5.74, 6) is -0.393. The maximum absolute atomic E-state index is 13.5. The number of anilines is 1. The topological polar surface area (TPSA) is 55.1 Å². The zero-order chi connectivity index (χ0) is 13.0. The average molecular weight is 238 g/mol. The van der Waals surface area contributed by atoms with E-state index < -0.39 is 5.91 Å². The maximum atomic E-state index is 13.5. The van der Waals surface area contributed by atoms with Crippen LogP contribution in [0.3, 0.4) is 0 Å². The lowest BCUT2D eigenvalue weighted by Gasteiger charge is -2.18. The summed E-state index contributed by atoms with van der Waals surface area (Å²) >= 11 is 0. The zero-order valence-corrected chi connectivity index (χ0v) is 10.5. The number of carbonyl (C=O) groups is 1. The van der Waals surface area contributed by atoms with Gasteiger partial charge in [0, 0.05) is 11.6 Å². The van der Waals surface area contributed by atoms with Crippen molar-refractivity contribution < 1.29 is 9.18 Å². The van der Waals surface area contributed by atoms with Crippen molar-refractivity contribution in [3.63, 3.8) is 0 Å². The van der Waals surface area contributed by atoms with Crippen molar-refractivity contribution in [1.82, 2.24) is 0 Å². The fourth-order valence-electron chi connectivity index (χ4n) is 1.82. The molecule has 0 aromatic heterocycles. The van der Waals surface area contributed by atoms with Gasteiger partial charge in [-0.25, -0.2) is 4.39 Å². The van der Waals surface area contributed by atoms with Gasteiger partial charge in [-0.15, -0.1) is 0 Å². The van der Waals surface area contributed by atoms with Gasteiger partial charge in [0.15, 0.2) is 0 Å². The van der Waals surface area contributed by atoms with Crippen molar-refractivity contribution in [3.05, 3.63) is 29.6 Å². The smallest absolute Gasteiger partial charge is 0.248 e. The van der Waals surface area contributed by atoms with Gasteiger partial charge in [-0.1, -0.05) is 13.8 Å². The predicted octanol–water partition coefficient (Wildman–Crippen LogP) is 2.77. The van der Waals surface area contributed by atoms with Crippen LogP contribution in [0.5, 0.6) is 0 Å². The van der Waals surface area contributed by atoms with E-state index in [1.165, 1.54) is 18.2 Å². The zero-order valence-electron chi connectivity index (χ0n) is 10.5. The minimum Gasteiger partial charge on any atom is -0.380 e. The Kier molecular flexibility index (Phi) is 4.49. The van der Waals surface area contributed by atoms with Crippen molar-refractivity contribution in [3.8, 4) is 0 Å². The molecule has 17 heavy (non-hydrogen) atoms. The molecule has 1 unspecified atom stereocenters. The van der Waals surface area contributed by atoms with Crippen LogP contribution in [0.15, 0.2) is 18.2 Å². The number of amides is 1. The summed E-state index contributed by atoms with van der Waals surface area (Å²) in [4.78, 5) is 11.0. The van der Waals surface area contributed by atoms with E-state index in [1.807, 2.05) is 6.92 Å². The first-order valence-electron chi connectivity index (χ1n) is 5.76. The Labute approximate surface area is 101 Å². The highest BCUT2D eigenvalue weighted by Gasteiger charge is 2.10. The highest BCUT2D eigenvalue weighted by Crippen LogP contribution is 2.18. The lowest BCUT2D eigenvalue weighted by molar-refractivity contribution is 0.100. The minimum absolute atomic E-state index is 0.146. The Morgan fingerprint density at radius 2 is 2.06 bits per heavy atom. The number of primary amides is 1. The van der Waals surface area contributed by atoms with Crippen LogP contribution in [0.1, 0.15) is 37.6 Å². The normalized spacial score (nSPS) is 12.5. The summed E-state index contributed by atoms with van der Waals surface area (Å²) in [6, 6.07) is 4.24. The van der Waals surface area contributed by atoms with E-state index in [9.17, 15) is 9.18 Å². The van der Waals surface area contributed by atoms with Crippen LogP contribution >= 0.6 is 0 Å². The first-order valence-corrected chi connectivity index (χ1v) is 5.76. The summed E-state index contributed by atoms with van der Waals surface area (Å²) in [5, 5.41) is 3.05. The molecule has 1 rings (SSSR count). The molecule has 1 amide bonds. The number of halogens is 1.